The molecule has 1 N–H and O–H groups in total. The molecule has 0 fully saturated rings. The molecule has 0 spiro atoms. The van der Waals surface area contributed by atoms with Crippen molar-refractivity contribution in [3.8, 4) is 0 Å². The van der Waals surface area contributed by atoms with Gasteiger partial charge in [-0.3, -0.25) is 9.48 Å². The third-order valence-electron chi connectivity index (χ3n) is 4.17. The lowest BCUT2D eigenvalue weighted by atomic mass is 10.1. The number of nitrogens with one attached hydrogen (secondary N) is 1. The van der Waals surface area contributed by atoms with Crippen LogP contribution in [0.2, 0.25) is 0 Å². The molecule has 0 saturated carbocycles. The summed E-state index contributed by atoms with van der Waals surface area (Å²) < 4.78 is 1.84. The maximum absolute atomic E-state index is 12.6. The fourth-order valence-electron chi connectivity index (χ4n) is 2.73. The van der Waals surface area contributed by atoms with Gasteiger partial charge < -0.3 is 10.2 Å². The highest BCUT2D eigenvalue weighted by molar-refractivity contribution is 5.97. The number of carbonyl (C=O) groups excluding carboxylic acids is 1. The molecule has 2 aromatic rings. The van der Waals surface area contributed by atoms with Gasteiger partial charge in [0, 0.05) is 38.4 Å². The smallest absolute Gasteiger partial charge is 0.227 e. The van der Waals surface area contributed by atoms with Crippen molar-refractivity contribution >= 4 is 17.4 Å². The van der Waals surface area contributed by atoms with Crippen LogP contribution in [0.3, 0.4) is 0 Å². The normalized spacial score (nSPS) is 13.7. The molecule has 1 aliphatic rings. The van der Waals surface area contributed by atoms with E-state index in [9.17, 15) is 4.79 Å². The number of rotatable bonds is 3. The molecular formula is C16H21N5O. The summed E-state index contributed by atoms with van der Waals surface area (Å²) in [5.74, 6) is 0.932. The topological polar surface area (TPSA) is 63.1 Å². The minimum atomic E-state index is 0.137. The number of hydrogen-bond acceptors (Lipinski definition) is 4. The largest absolute Gasteiger partial charge is 0.367 e. The molecule has 0 unspecified atom stereocenters. The second-order valence-corrected chi connectivity index (χ2v) is 5.73. The predicted molar refractivity (Wildman–Crippen MR) is 86.1 cm³/mol. The summed E-state index contributed by atoms with van der Waals surface area (Å²) in [6.07, 6.45) is 4.87. The maximum Gasteiger partial charge on any atom is 0.227 e. The Morgan fingerprint density at radius 2 is 2.18 bits per heavy atom. The highest BCUT2D eigenvalue weighted by Gasteiger charge is 2.23. The van der Waals surface area contributed by atoms with Gasteiger partial charge in [-0.25, -0.2) is 4.98 Å². The third-order valence-corrected chi connectivity index (χ3v) is 4.17. The van der Waals surface area contributed by atoms with Gasteiger partial charge >= 0.3 is 0 Å². The van der Waals surface area contributed by atoms with E-state index in [4.69, 9.17) is 0 Å². The van der Waals surface area contributed by atoms with Crippen molar-refractivity contribution in [2.75, 3.05) is 23.3 Å². The number of hydrogen-bond donors (Lipinski definition) is 1. The molecule has 6 heteroatoms. The molecule has 1 amide bonds. The Bertz CT molecular complexity index is 707. The minimum absolute atomic E-state index is 0.137. The number of anilines is 2. The van der Waals surface area contributed by atoms with Gasteiger partial charge in [0.25, 0.3) is 0 Å². The summed E-state index contributed by atoms with van der Waals surface area (Å²) in [6.45, 7) is 5.44. The van der Waals surface area contributed by atoms with E-state index in [0.29, 0.717) is 13.0 Å². The molecule has 0 bridgehead atoms. The molecule has 22 heavy (non-hydrogen) atoms. The first-order chi connectivity index (χ1) is 10.6. The highest BCUT2D eigenvalue weighted by Crippen LogP contribution is 2.28. The van der Waals surface area contributed by atoms with Crippen LogP contribution in [0.25, 0.3) is 0 Å². The zero-order valence-corrected chi connectivity index (χ0v) is 13.3. The molecule has 0 aromatic carbocycles. The van der Waals surface area contributed by atoms with Crippen molar-refractivity contribution in [3.05, 3.63) is 35.3 Å². The third kappa shape index (κ3) is 2.68. The van der Waals surface area contributed by atoms with E-state index in [-0.39, 0.29) is 5.91 Å². The van der Waals surface area contributed by atoms with E-state index >= 15 is 0 Å². The van der Waals surface area contributed by atoms with Crippen LogP contribution in [0.5, 0.6) is 0 Å². The van der Waals surface area contributed by atoms with Crippen molar-refractivity contribution in [2.24, 2.45) is 7.05 Å². The Labute approximate surface area is 130 Å². The summed E-state index contributed by atoms with van der Waals surface area (Å²) in [6, 6.07) is 2.02. The zero-order valence-electron chi connectivity index (χ0n) is 13.3. The average Bonchev–Trinajstić information content (AvgIpc) is 2.83. The zero-order chi connectivity index (χ0) is 15.7. The molecule has 0 atom stereocenters. The minimum Gasteiger partial charge on any atom is -0.367 e. The Balaban J connectivity index is 1.74. The molecule has 6 nitrogen and oxygen atoms in total. The molecule has 1 aliphatic heterocycles. The fourth-order valence-corrected chi connectivity index (χ4v) is 2.73. The average molecular weight is 299 g/mol. The first-order valence-corrected chi connectivity index (χ1v) is 7.54. The van der Waals surface area contributed by atoms with Crippen LogP contribution in [-0.4, -0.2) is 33.8 Å². The molecule has 3 rings (SSSR count). The number of pyridine rings is 1. The van der Waals surface area contributed by atoms with Gasteiger partial charge in [0.1, 0.15) is 5.82 Å². The van der Waals surface area contributed by atoms with Crippen LogP contribution < -0.4 is 10.2 Å². The van der Waals surface area contributed by atoms with Crippen LogP contribution in [0.15, 0.2) is 18.5 Å². The molecule has 2 aromatic heterocycles. The van der Waals surface area contributed by atoms with Crippen LogP contribution in [0.4, 0.5) is 11.5 Å². The number of amides is 1. The summed E-state index contributed by atoms with van der Waals surface area (Å²) in [5, 5.41) is 7.47. The standard InChI is InChI=1S/C16H21N5O/c1-11-8-14-16(18-9-11)17-6-7-21(14)15(22)5-4-13-10-19-20(3)12(13)2/h8-10H,4-7H2,1-3H3,(H,17,18). The SMILES string of the molecule is Cc1cnc2c(c1)N(C(=O)CCc1cnn(C)c1C)CCN2. The van der Waals surface area contributed by atoms with Crippen LogP contribution >= 0.6 is 0 Å². The lowest BCUT2D eigenvalue weighted by Gasteiger charge is -2.29. The lowest BCUT2D eigenvalue weighted by molar-refractivity contribution is -0.118. The van der Waals surface area contributed by atoms with Crippen molar-refractivity contribution in [3.63, 3.8) is 0 Å². The molecule has 0 saturated heterocycles. The van der Waals surface area contributed by atoms with E-state index in [1.807, 2.05) is 48.9 Å². The fraction of sp³-hybridized carbons (Fsp3) is 0.438. The summed E-state index contributed by atoms with van der Waals surface area (Å²) in [5.41, 5.74) is 4.20. The quantitative estimate of drug-likeness (QED) is 0.939. The van der Waals surface area contributed by atoms with Crippen LogP contribution in [0, 0.1) is 13.8 Å². The van der Waals surface area contributed by atoms with Gasteiger partial charge in [0.15, 0.2) is 0 Å². The number of fused-ring (bicyclic) bond motifs is 1. The molecule has 0 radical (unpaired) electrons. The van der Waals surface area contributed by atoms with E-state index in [1.54, 1.807) is 0 Å². The van der Waals surface area contributed by atoms with Gasteiger partial charge in [0.2, 0.25) is 5.91 Å². The molecule has 116 valence electrons. The van der Waals surface area contributed by atoms with Crippen molar-refractivity contribution in [2.45, 2.75) is 26.7 Å². The van der Waals surface area contributed by atoms with E-state index in [1.165, 1.54) is 0 Å². The van der Waals surface area contributed by atoms with Gasteiger partial charge in [0.05, 0.1) is 11.9 Å². The van der Waals surface area contributed by atoms with Crippen molar-refractivity contribution in [1.82, 2.24) is 14.8 Å². The molecule has 0 aliphatic carbocycles. The second kappa shape index (κ2) is 5.79. The predicted octanol–water partition coefficient (Wildman–Crippen LogP) is 1.82. The number of nitrogens with zero attached hydrogens (tertiary/aromatic N) is 4. The van der Waals surface area contributed by atoms with Crippen LogP contribution in [-0.2, 0) is 18.3 Å². The Hall–Kier alpha value is -2.37. The Kier molecular flexibility index (Phi) is 3.83. The Morgan fingerprint density at radius 1 is 1.36 bits per heavy atom. The lowest BCUT2D eigenvalue weighted by Crippen LogP contribution is -2.39. The van der Waals surface area contributed by atoms with E-state index < -0.39 is 0 Å². The number of aromatic nitrogens is 3. The summed E-state index contributed by atoms with van der Waals surface area (Å²) in [4.78, 5) is 18.8. The van der Waals surface area contributed by atoms with Gasteiger partial charge in [-0.05, 0) is 37.5 Å². The first kappa shape index (κ1) is 14.6. The van der Waals surface area contributed by atoms with Gasteiger partial charge in [-0.1, -0.05) is 0 Å². The van der Waals surface area contributed by atoms with Gasteiger partial charge in [-0.15, -0.1) is 0 Å². The number of carbonyl (C=O) groups is 1. The summed E-state index contributed by atoms with van der Waals surface area (Å²) >= 11 is 0. The van der Waals surface area contributed by atoms with Crippen molar-refractivity contribution in [1.29, 1.82) is 0 Å². The maximum atomic E-state index is 12.6. The van der Waals surface area contributed by atoms with E-state index in [2.05, 4.69) is 15.4 Å². The van der Waals surface area contributed by atoms with E-state index in [0.717, 1.165) is 41.3 Å². The molecule has 3 heterocycles. The second-order valence-electron chi connectivity index (χ2n) is 5.73. The Morgan fingerprint density at radius 3 is 2.91 bits per heavy atom. The summed E-state index contributed by atoms with van der Waals surface area (Å²) in [7, 11) is 1.92. The van der Waals surface area contributed by atoms with Gasteiger partial charge in [-0.2, -0.15) is 5.10 Å². The monoisotopic (exact) mass is 299 g/mol. The number of aryl methyl sites for hydroxylation is 3. The molecular weight excluding hydrogens is 278 g/mol. The first-order valence-electron chi connectivity index (χ1n) is 7.54. The van der Waals surface area contributed by atoms with Crippen LogP contribution in [0.1, 0.15) is 23.2 Å². The highest BCUT2D eigenvalue weighted by atomic mass is 16.2. The van der Waals surface area contributed by atoms with Crippen molar-refractivity contribution < 1.29 is 4.79 Å².